The Morgan fingerprint density at radius 2 is 2.00 bits per heavy atom. The van der Waals surface area contributed by atoms with E-state index in [-0.39, 0.29) is 9.23 Å². The molecule has 1 aromatic heterocycles. The molecule has 0 fully saturated rings. The number of hydrogen-bond donors (Lipinski definition) is 0. The molecule has 0 aliphatic heterocycles. The van der Waals surface area contributed by atoms with E-state index in [1.807, 2.05) is 0 Å². The van der Waals surface area contributed by atoms with Gasteiger partial charge in [0.2, 0.25) is 0 Å². The first kappa shape index (κ1) is 19.5. The minimum atomic E-state index is -4.71. The van der Waals surface area contributed by atoms with Gasteiger partial charge in [-0.25, -0.2) is 8.42 Å². The average molecular weight is 414 g/mol. The molecule has 5 nitrogen and oxygen atoms in total. The molecule has 0 spiro atoms. The van der Waals surface area contributed by atoms with E-state index in [1.54, 1.807) is 0 Å². The summed E-state index contributed by atoms with van der Waals surface area (Å²) in [4.78, 5) is 11.6. The van der Waals surface area contributed by atoms with Crippen LogP contribution < -0.4 is 4.31 Å². The number of halogens is 4. The molecule has 0 saturated carbocycles. The first-order valence-corrected chi connectivity index (χ1v) is 9.27. The molecule has 136 valence electrons. The molecule has 11 heteroatoms. The third kappa shape index (κ3) is 4.25. The van der Waals surface area contributed by atoms with Crippen molar-refractivity contribution in [2.75, 3.05) is 18.0 Å². The number of sulfonamides is 1. The molecule has 0 unspecified atom stereocenters. The molecule has 0 aliphatic rings. The van der Waals surface area contributed by atoms with E-state index in [0.29, 0.717) is 10.4 Å². The van der Waals surface area contributed by atoms with Crippen molar-refractivity contribution in [3.63, 3.8) is 0 Å². The van der Waals surface area contributed by atoms with Gasteiger partial charge < -0.3 is 4.74 Å². The summed E-state index contributed by atoms with van der Waals surface area (Å²) >= 11 is 6.77. The van der Waals surface area contributed by atoms with Crippen molar-refractivity contribution >= 4 is 44.6 Å². The number of alkyl halides is 3. The highest BCUT2D eigenvalue weighted by molar-refractivity contribution is 7.94. The first-order chi connectivity index (χ1) is 11.6. The Kier molecular flexibility index (Phi) is 5.65. The standard InChI is InChI=1S/C14H11ClF3NO4S2/c1-23-12(20)8-19(25(21,22)13-3-2-6-24-13)11-7-9(14(16,17)18)4-5-10(11)15/h2-7H,8H2,1H3. The van der Waals surface area contributed by atoms with Gasteiger partial charge >= 0.3 is 12.1 Å². The number of anilines is 1. The SMILES string of the molecule is COC(=O)CN(c1cc(C(F)(F)F)ccc1Cl)S(=O)(=O)c1cccs1. The van der Waals surface area contributed by atoms with E-state index in [2.05, 4.69) is 4.74 Å². The monoisotopic (exact) mass is 413 g/mol. The van der Waals surface area contributed by atoms with Gasteiger partial charge in [0.1, 0.15) is 10.8 Å². The van der Waals surface area contributed by atoms with Gasteiger partial charge in [0.25, 0.3) is 10.0 Å². The van der Waals surface area contributed by atoms with Crippen molar-refractivity contribution in [1.82, 2.24) is 0 Å². The smallest absolute Gasteiger partial charge is 0.416 e. The second kappa shape index (κ2) is 7.22. The summed E-state index contributed by atoms with van der Waals surface area (Å²) in [5.74, 6) is -0.950. The Bertz CT molecular complexity index is 867. The van der Waals surface area contributed by atoms with Gasteiger partial charge in [0.05, 0.1) is 23.4 Å². The predicted octanol–water partition coefficient (Wildman–Crippen LogP) is 3.79. The minimum Gasteiger partial charge on any atom is -0.468 e. The van der Waals surface area contributed by atoms with Crippen molar-refractivity contribution in [3.05, 3.63) is 46.3 Å². The maximum absolute atomic E-state index is 13.0. The molecule has 0 bridgehead atoms. The Morgan fingerprint density at radius 1 is 1.32 bits per heavy atom. The zero-order valence-corrected chi connectivity index (χ0v) is 15.0. The fourth-order valence-corrected chi connectivity index (χ4v) is 4.67. The molecule has 1 heterocycles. The lowest BCUT2D eigenvalue weighted by Crippen LogP contribution is -2.36. The number of carbonyl (C=O) groups is 1. The number of methoxy groups -OCH3 is 1. The van der Waals surface area contributed by atoms with Crippen LogP contribution in [0.2, 0.25) is 5.02 Å². The summed E-state index contributed by atoms with van der Waals surface area (Å²) in [6.45, 7) is -0.822. The number of esters is 1. The summed E-state index contributed by atoms with van der Waals surface area (Å²) in [6.07, 6.45) is -4.71. The van der Waals surface area contributed by atoms with Crippen LogP contribution in [0.3, 0.4) is 0 Å². The van der Waals surface area contributed by atoms with E-state index >= 15 is 0 Å². The molecule has 1 aromatic carbocycles. The van der Waals surface area contributed by atoms with Gasteiger partial charge in [-0.1, -0.05) is 17.7 Å². The fourth-order valence-electron chi connectivity index (χ4n) is 1.88. The van der Waals surface area contributed by atoms with Crippen LogP contribution in [0.5, 0.6) is 0 Å². The van der Waals surface area contributed by atoms with Crippen LogP contribution in [-0.2, 0) is 25.7 Å². The van der Waals surface area contributed by atoms with Crippen LogP contribution >= 0.6 is 22.9 Å². The van der Waals surface area contributed by atoms with Crippen LogP contribution in [-0.4, -0.2) is 28.0 Å². The summed E-state index contributed by atoms with van der Waals surface area (Å²) in [5, 5.41) is 1.23. The normalized spacial score (nSPS) is 12.0. The van der Waals surface area contributed by atoms with E-state index in [9.17, 15) is 26.4 Å². The zero-order valence-electron chi connectivity index (χ0n) is 12.6. The lowest BCUT2D eigenvalue weighted by Gasteiger charge is -2.24. The van der Waals surface area contributed by atoms with Crippen molar-refractivity contribution in [1.29, 1.82) is 0 Å². The lowest BCUT2D eigenvalue weighted by atomic mass is 10.2. The van der Waals surface area contributed by atoms with E-state index in [1.165, 1.54) is 17.5 Å². The van der Waals surface area contributed by atoms with Crippen LogP contribution in [0.25, 0.3) is 0 Å². The third-order valence-corrected chi connectivity index (χ3v) is 6.53. The van der Waals surface area contributed by atoms with Gasteiger partial charge in [-0.3, -0.25) is 9.10 Å². The molecule has 2 rings (SSSR count). The highest BCUT2D eigenvalue weighted by atomic mass is 35.5. The number of carbonyl (C=O) groups excluding carboxylic acids is 1. The maximum Gasteiger partial charge on any atom is 0.416 e. The zero-order chi connectivity index (χ0) is 18.8. The third-order valence-electron chi connectivity index (χ3n) is 3.08. The molecular formula is C14H11ClF3NO4S2. The summed E-state index contributed by atoms with van der Waals surface area (Å²) < 4.78 is 69.2. The lowest BCUT2D eigenvalue weighted by molar-refractivity contribution is -0.139. The first-order valence-electron chi connectivity index (χ1n) is 6.57. The average Bonchev–Trinajstić information content (AvgIpc) is 3.07. The summed E-state index contributed by atoms with van der Waals surface area (Å²) in [5.41, 5.74) is -1.56. The minimum absolute atomic E-state index is 0.148. The predicted molar refractivity (Wildman–Crippen MR) is 87.3 cm³/mol. The van der Waals surface area contributed by atoms with Gasteiger partial charge in [0, 0.05) is 0 Å². The highest BCUT2D eigenvalue weighted by Crippen LogP contribution is 2.37. The van der Waals surface area contributed by atoms with Gasteiger partial charge in [-0.05, 0) is 29.6 Å². The molecule has 0 saturated heterocycles. The van der Waals surface area contributed by atoms with Crippen molar-refractivity contribution in [2.45, 2.75) is 10.4 Å². The van der Waals surface area contributed by atoms with Crippen LogP contribution in [0, 0.1) is 0 Å². The Morgan fingerprint density at radius 3 is 2.52 bits per heavy atom. The van der Waals surface area contributed by atoms with Crippen molar-refractivity contribution < 1.29 is 31.1 Å². The number of thiophene rings is 1. The topological polar surface area (TPSA) is 63.7 Å². The number of hydrogen-bond acceptors (Lipinski definition) is 5. The van der Waals surface area contributed by atoms with Crippen molar-refractivity contribution in [2.24, 2.45) is 0 Å². The molecule has 2 aromatic rings. The van der Waals surface area contributed by atoms with Crippen LogP contribution in [0.1, 0.15) is 5.56 Å². The quantitative estimate of drug-likeness (QED) is 0.700. The Balaban J connectivity index is 2.63. The van der Waals surface area contributed by atoms with Gasteiger partial charge in [-0.2, -0.15) is 13.2 Å². The second-order valence-corrected chi connectivity index (χ2v) is 8.13. The number of rotatable bonds is 5. The summed E-state index contributed by atoms with van der Waals surface area (Å²) in [7, 11) is -3.27. The Labute approximate surface area is 150 Å². The molecule has 0 aliphatic carbocycles. The van der Waals surface area contributed by atoms with E-state index in [0.717, 1.165) is 30.6 Å². The van der Waals surface area contributed by atoms with Crippen molar-refractivity contribution in [3.8, 4) is 0 Å². The van der Waals surface area contributed by atoms with E-state index in [4.69, 9.17) is 11.6 Å². The molecule has 0 atom stereocenters. The van der Waals surface area contributed by atoms with E-state index < -0.39 is 40.0 Å². The molecular weight excluding hydrogens is 403 g/mol. The van der Waals surface area contributed by atoms with Gasteiger partial charge in [0.15, 0.2) is 0 Å². The second-order valence-electron chi connectivity index (χ2n) is 4.68. The van der Waals surface area contributed by atoms with Crippen LogP contribution in [0.15, 0.2) is 39.9 Å². The van der Waals surface area contributed by atoms with Crippen LogP contribution in [0.4, 0.5) is 18.9 Å². The molecule has 0 N–H and O–H groups in total. The largest absolute Gasteiger partial charge is 0.468 e. The molecule has 0 amide bonds. The van der Waals surface area contributed by atoms with Gasteiger partial charge in [-0.15, -0.1) is 11.3 Å². The number of benzene rings is 1. The number of nitrogens with zero attached hydrogens (tertiary/aromatic N) is 1. The maximum atomic E-state index is 13.0. The molecule has 0 radical (unpaired) electrons. The summed E-state index contributed by atoms with van der Waals surface area (Å²) in [6, 6.07) is 4.96. The Hall–Kier alpha value is -1.78. The fraction of sp³-hybridized carbons (Fsp3) is 0.214. The number of ether oxygens (including phenoxy) is 1. The molecule has 25 heavy (non-hydrogen) atoms. The highest BCUT2D eigenvalue weighted by Gasteiger charge is 2.35.